The molecule has 1 aliphatic rings. The number of Topliss-reactive ketones (excluding diaryl/α,β-unsaturated/α-hetero) is 1. The first-order valence-corrected chi connectivity index (χ1v) is 10.4. The summed E-state index contributed by atoms with van der Waals surface area (Å²) in [4.78, 5) is 28.0. The summed E-state index contributed by atoms with van der Waals surface area (Å²) >= 11 is 0. The number of ketones is 1. The summed E-state index contributed by atoms with van der Waals surface area (Å²) in [6, 6.07) is 24.3. The molecule has 0 saturated carbocycles. The van der Waals surface area contributed by atoms with Crippen molar-refractivity contribution in [3.8, 4) is 0 Å². The predicted molar refractivity (Wildman–Crippen MR) is 122 cm³/mol. The third-order valence-electron chi connectivity index (χ3n) is 5.75. The van der Waals surface area contributed by atoms with E-state index in [9.17, 15) is 14.7 Å². The van der Waals surface area contributed by atoms with Gasteiger partial charge < -0.3 is 5.11 Å². The molecule has 0 spiro atoms. The highest BCUT2D eigenvalue weighted by atomic mass is 16.3. The molecule has 0 aliphatic carbocycles. The van der Waals surface area contributed by atoms with Crippen LogP contribution in [0.4, 0.5) is 5.69 Å². The standard InChI is InChI=1S/C27H25NO3/c1-18-9-8-13-21(17-18)28-25(22-14-7-6-10-19(22)2)24(26(30)27(28)31)23(29)16-15-20-11-4-3-5-12-20/h3-14,17,25,30H,15-16H2,1-2H3. The molecule has 1 atom stereocenters. The molecule has 0 saturated heterocycles. The van der Waals surface area contributed by atoms with Gasteiger partial charge in [0.1, 0.15) is 0 Å². The number of aliphatic hydroxyl groups excluding tert-OH is 1. The number of hydrogen-bond acceptors (Lipinski definition) is 3. The third kappa shape index (κ3) is 4.02. The van der Waals surface area contributed by atoms with Crippen LogP contribution in [0.1, 0.15) is 34.7 Å². The number of anilines is 1. The molecule has 3 aromatic rings. The fraction of sp³-hybridized carbons (Fsp3) is 0.185. The van der Waals surface area contributed by atoms with Crippen LogP contribution < -0.4 is 4.90 Å². The molecular formula is C27H25NO3. The summed E-state index contributed by atoms with van der Waals surface area (Å²) in [6.07, 6.45) is 0.774. The molecule has 1 amide bonds. The van der Waals surface area contributed by atoms with Gasteiger partial charge in [-0.15, -0.1) is 0 Å². The first-order valence-electron chi connectivity index (χ1n) is 10.4. The van der Waals surface area contributed by atoms with Crippen molar-refractivity contribution in [1.29, 1.82) is 0 Å². The van der Waals surface area contributed by atoms with E-state index in [1.165, 1.54) is 0 Å². The second-order valence-corrected chi connectivity index (χ2v) is 7.94. The Balaban J connectivity index is 1.75. The zero-order valence-electron chi connectivity index (χ0n) is 17.7. The molecule has 0 aromatic heterocycles. The smallest absolute Gasteiger partial charge is 0.294 e. The molecule has 4 heteroatoms. The summed E-state index contributed by atoms with van der Waals surface area (Å²) in [5, 5.41) is 10.8. The Kier molecular flexibility index (Phi) is 5.72. The third-order valence-corrected chi connectivity index (χ3v) is 5.75. The van der Waals surface area contributed by atoms with Crippen molar-refractivity contribution in [3.05, 3.63) is 112 Å². The molecule has 1 heterocycles. The van der Waals surface area contributed by atoms with E-state index < -0.39 is 17.7 Å². The molecule has 31 heavy (non-hydrogen) atoms. The fourth-order valence-corrected chi connectivity index (χ4v) is 4.16. The number of benzene rings is 3. The normalized spacial score (nSPS) is 16.1. The zero-order valence-corrected chi connectivity index (χ0v) is 17.7. The van der Waals surface area contributed by atoms with Gasteiger partial charge in [0.15, 0.2) is 11.5 Å². The second-order valence-electron chi connectivity index (χ2n) is 7.94. The molecule has 0 radical (unpaired) electrons. The quantitative estimate of drug-likeness (QED) is 0.590. The molecule has 4 rings (SSSR count). The maximum Gasteiger partial charge on any atom is 0.294 e. The summed E-state index contributed by atoms with van der Waals surface area (Å²) in [5.74, 6) is -1.20. The first-order chi connectivity index (χ1) is 15.0. The monoisotopic (exact) mass is 411 g/mol. The number of carbonyl (C=O) groups excluding carboxylic acids is 2. The van der Waals surface area contributed by atoms with Crippen LogP contribution in [-0.4, -0.2) is 16.8 Å². The van der Waals surface area contributed by atoms with Gasteiger partial charge in [-0.1, -0.05) is 66.7 Å². The Hall–Kier alpha value is -3.66. The number of rotatable bonds is 6. The largest absolute Gasteiger partial charge is 0.503 e. The molecule has 156 valence electrons. The minimum atomic E-state index is -0.654. The highest BCUT2D eigenvalue weighted by Crippen LogP contribution is 2.42. The van der Waals surface area contributed by atoms with Crippen molar-refractivity contribution in [2.75, 3.05) is 4.90 Å². The van der Waals surface area contributed by atoms with Crippen LogP contribution in [0.15, 0.2) is 90.2 Å². The Bertz CT molecular complexity index is 1160. The SMILES string of the molecule is Cc1cccc(N2C(=O)C(O)=C(C(=O)CCc3ccccc3)C2c2ccccc2C)c1. The summed E-state index contributed by atoms with van der Waals surface area (Å²) in [6.45, 7) is 3.90. The lowest BCUT2D eigenvalue weighted by atomic mass is 9.90. The minimum absolute atomic E-state index is 0.178. The van der Waals surface area contributed by atoms with Crippen LogP contribution in [0.25, 0.3) is 0 Å². The second kappa shape index (κ2) is 8.60. The van der Waals surface area contributed by atoms with E-state index in [1.54, 1.807) is 4.90 Å². The fourth-order valence-electron chi connectivity index (χ4n) is 4.16. The molecule has 1 aliphatic heterocycles. The van der Waals surface area contributed by atoms with Crippen molar-refractivity contribution >= 4 is 17.4 Å². The highest BCUT2D eigenvalue weighted by molar-refractivity contribution is 6.16. The maximum atomic E-state index is 13.3. The van der Waals surface area contributed by atoms with E-state index in [-0.39, 0.29) is 17.8 Å². The van der Waals surface area contributed by atoms with Crippen molar-refractivity contribution < 1.29 is 14.7 Å². The number of aryl methyl sites for hydroxylation is 3. The van der Waals surface area contributed by atoms with E-state index in [0.29, 0.717) is 12.1 Å². The number of hydrogen-bond donors (Lipinski definition) is 1. The Morgan fingerprint density at radius 3 is 2.35 bits per heavy atom. The Labute approximate surface area is 182 Å². The lowest BCUT2D eigenvalue weighted by molar-refractivity contribution is -0.118. The van der Waals surface area contributed by atoms with Gasteiger partial charge in [0.05, 0.1) is 11.6 Å². The van der Waals surface area contributed by atoms with Crippen LogP contribution in [0.5, 0.6) is 0 Å². The summed E-state index contributed by atoms with van der Waals surface area (Å²) < 4.78 is 0. The number of aliphatic hydroxyl groups is 1. The Morgan fingerprint density at radius 1 is 0.935 bits per heavy atom. The molecule has 0 bridgehead atoms. The molecule has 1 unspecified atom stereocenters. The van der Waals surface area contributed by atoms with Gasteiger partial charge in [0.2, 0.25) is 0 Å². The Morgan fingerprint density at radius 2 is 1.65 bits per heavy atom. The first kappa shape index (κ1) is 20.6. The van der Waals surface area contributed by atoms with Crippen molar-refractivity contribution in [2.45, 2.75) is 32.7 Å². The number of amides is 1. The van der Waals surface area contributed by atoms with E-state index in [2.05, 4.69) is 0 Å². The topological polar surface area (TPSA) is 57.6 Å². The van der Waals surface area contributed by atoms with Crippen LogP contribution in [0.2, 0.25) is 0 Å². The van der Waals surface area contributed by atoms with Crippen LogP contribution >= 0.6 is 0 Å². The van der Waals surface area contributed by atoms with E-state index >= 15 is 0 Å². The van der Waals surface area contributed by atoms with Crippen molar-refractivity contribution in [2.24, 2.45) is 0 Å². The highest BCUT2D eigenvalue weighted by Gasteiger charge is 2.44. The van der Waals surface area contributed by atoms with Gasteiger partial charge in [-0.25, -0.2) is 0 Å². The lowest BCUT2D eigenvalue weighted by Crippen LogP contribution is -2.31. The molecule has 0 fully saturated rings. The molecule has 3 aromatic carbocycles. The minimum Gasteiger partial charge on any atom is -0.503 e. The van der Waals surface area contributed by atoms with Crippen LogP contribution in [-0.2, 0) is 16.0 Å². The molecule has 1 N–H and O–H groups in total. The zero-order chi connectivity index (χ0) is 22.0. The van der Waals surface area contributed by atoms with Gasteiger partial charge in [-0.05, 0) is 54.7 Å². The molecular weight excluding hydrogens is 386 g/mol. The van der Waals surface area contributed by atoms with Crippen molar-refractivity contribution in [1.82, 2.24) is 0 Å². The average Bonchev–Trinajstić information content (AvgIpc) is 3.04. The maximum absolute atomic E-state index is 13.3. The van der Waals surface area contributed by atoms with Crippen molar-refractivity contribution in [3.63, 3.8) is 0 Å². The van der Waals surface area contributed by atoms with Gasteiger partial charge >= 0.3 is 0 Å². The summed E-state index contributed by atoms with van der Waals surface area (Å²) in [5.41, 5.74) is 4.68. The molecule has 4 nitrogen and oxygen atoms in total. The summed E-state index contributed by atoms with van der Waals surface area (Å²) in [7, 11) is 0. The van der Waals surface area contributed by atoms with E-state index in [4.69, 9.17) is 0 Å². The van der Waals surface area contributed by atoms with Gasteiger partial charge in [-0.3, -0.25) is 14.5 Å². The lowest BCUT2D eigenvalue weighted by Gasteiger charge is -2.28. The average molecular weight is 412 g/mol. The predicted octanol–water partition coefficient (Wildman–Crippen LogP) is 5.41. The van der Waals surface area contributed by atoms with Gasteiger partial charge in [0, 0.05) is 12.1 Å². The van der Waals surface area contributed by atoms with Crippen LogP contribution in [0.3, 0.4) is 0 Å². The van der Waals surface area contributed by atoms with Gasteiger partial charge in [0.25, 0.3) is 5.91 Å². The van der Waals surface area contributed by atoms with Crippen LogP contribution in [0, 0.1) is 13.8 Å². The number of nitrogens with zero attached hydrogens (tertiary/aromatic N) is 1. The number of carbonyl (C=O) groups is 2. The van der Waals surface area contributed by atoms with E-state index in [1.807, 2.05) is 92.7 Å². The van der Waals surface area contributed by atoms with Gasteiger partial charge in [-0.2, -0.15) is 0 Å². The van der Waals surface area contributed by atoms with E-state index in [0.717, 1.165) is 22.3 Å².